The van der Waals surface area contributed by atoms with Gasteiger partial charge in [-0.05, 0) is 13.3 Å². The van der Waals surface area contributed by atoms with E-state index in [9.17, 15) is 0 Å². The third-order valence-corrected chi connectivity index (χ3v) is 4.61. The Kier molecular flexibility index (Phi) is 3.63. The summed E-state index contributed by atoms with van der Waals surface area (Å²) in [7, 11) is 0. The predicted molar refractivity (Wildman–Crippen MR) is 79.9 cm³/mol. The standard InChI is InChI=1S/C16H27N3O/c1-11-12(6-8-20-11)10-19-14-5-7-17-9-13(14)18-15(19)16(2,3)4/h11-12,17H,5-10H2,1-4H3. The second-order valence-corrected chi connectivity index (χ2v) is 7.24. The van der Waals surface area contributed by atoms with Crippen molar-refractivity contribution < 1.29 is 4.74 Å². The van der Waals surface area contributed by atoms with Crippen molar-refractivity contribution >= 4 is 0 Å². The first kappa shape index (κ1) is 14.1. The second kappa shape index (κ2) is 5.15. The summed E-state index contributed by atoms with van der Waals surface area (Å²) in [6, 6.07) is 0. The van der Waals surface area contributed by atoms with Crippen LogP contribution in [0.15, 0.2) is 0 Å². The molecule has 0 radical (unpaired) electrons. The molecule has 4 nitrogen and oxygen atoms in total. The summed E-state index contributed by atoms with van der Waals surface area (Å²) >= 11 is 0. The Morgan fingerprint density at radius 3 is 2.85 bits per heavy atom. The third kappa shape index (κ3) is 2.51. The lowest BCUT2D eigenvalue weighted by molar-refractivity contribution is 0.101. The lowest BCUT2D eigenvalue weighted by atomic mass is 9.94. The van der Waals surface area contributed by atoms with Crippen molar-refractivity contribution in [3.63, 3.8) is 0 Å². The van der Waals surface area contributed by atoms with E-state index in [-0.39, 0.29) is 5.41 Å². The first-order chi connectivity index (χ1) is 9.47. The van der Waals surface area contributed by atoms with Crippen molar-refractivity contribution in [3.8, 4) is 0 Å². The number of ether oxygens (including phenoxy) is 1. The smallest absolute Gasteiger partial charge is 0.114 e. The van der Waals surface area contributed by atoms with E-state index in [1.807, 2.05) is 0 Å². The van der Waals surface area contributed by atoms with E-state index in [0.29, 0.717) is 12.0 Å². The van der Waals surface area contributed by atoms with Crippen LogP contribution in [0, 0.1) is 5.92 Å². The maximum Gasteiger partial charge on any atom is 0.114 e. The highest BCUT2D eigenvalue weighted by molar-refractivity contribution is 5.23. The maximum absolute atomic E-state index is 5.74. The minimum absolute atomic E-state index is 0.0973. The molecule has 1 fully saturated rings. The van der Waals surface area contributed by atoms with Crippen LogP contribution in [-0.4, -0.2) is 28.8 Å². The molecule has 0 amide bonds. The molecule has 3 heterocycles. The fourth-order valence-corrected chi connectivity index (χ4v) is 3.39. The highest BCUT2D eigenvalue weighted by Crippen LogP contribution is 2.30. The second-order valence-electron chi connectivity index (χ2n) is 7.24. The molecule has 1 aromatic heterocycles. The van der Waals surface area contributed by atoms with Crippen LogP contribution in [0.3, 0.4) is 0 Å². The first-order valence-electron chi connectivity index (χ1n) is 7.88. The Bertz CT molecular complexity index is 487. The number of nitrogens with zero attached hydrogens (tertiary/aromatic N) is 2. The third-order valence-electron chi connectivity index (χ3n) is 4.61. The molecule has 2 unspecified atom stereocenters. The minimum atomic E-state index is 0.0973. The SMILES string of the molecule is CC1OCCC1Cn1c(C(C)(C)C)nc2c1CCNC2. The van der Waals surface area contributed by atoms with Crippen molar-refractivity contribution in [2.24, 2.45) is 5.92 Å². The summed E-state index contributed by atoms with van der Waals surface area (Å²) in [5, 5.41) is 3.43. The van der Waals surface area contributed by atoms with Gasteiger partial charge in [-0.25, -0.2) is 4.98 Å². The van der Waals surface area contributed by atoms with Crippen molar-refractivity contribution in [2.75, 3.05) is 13.2 Å². The molecule has 0 saturated carbocycles. The summed E-state index contributed by atoms with van der Waals surface area (Å²) in [5.74, 6) is 1.87. The van der Waals surface area contributed by atoms with E-state index >= 15 is 0 Å². The molecule has 4 heteroatoms. The Balaban J connectivity index is 1.96. The number of hydrogen-bond acceptors (Lipinski definition) is 3. The molecule has 0 aliphatic carbocycles. The number of nitrogens with one attached hydrogen (secondary N) is 1. The van der Waals surface area contributed by atoms with Gasteiger partial charge in [-0.1, -0.05) is 20.8 Å². The Labute approximate surface area is 121 Å². The fourth-order valence-electron chi connectivity index (χ4n) is 3.39. The van der Waals surface area contributed by atoms with Gasteiger partial charge in [0.15, 0.2) is 0 Å². The van der Waals surface area contributed by atoms with E-state index in [0.717, 1.165) is 32.7 Å². The normalized spacial score (nSPS) is 26.8. The van der Waals surface area contributed by atoms with Crippen LogP contribution >= 0.6 is 0 Å². The molecule has 1 N–H and O–H groups in total. The molecular formula is C16H27N3O. The van der Waals surface area contributed by atoms with Gasteiger partial charge in [-0.3, -0.25) is 0 Å². The van der Waals surface area contributed by atoms with Gasteiger partial charge in [0.2, 0.25) is 0 Å². The fraction of sp³-hybridized carbons (Fsp3) is 0.812. The zero-order valence-electron chi connectivity index (χ0n) is 13.2. The summed E-state index contributed by atoms with van der Waals surface area (Å²) in [5.41, 5.74) is 2.81. The molecule has 2 aliphatic rings. The van der Waals surface area contributed by atoms with Crippen LogP contribution in [-0.2, 0) is 29.7 Å². The highest BCUT2D eigenvalue weighted by atomic mass is 16.5. The van der Waals surface area contributed by atoms with Crippen LogP contribution in [0.2, 0.25) is 0 Å². The van der Waals surface area contributed by atoms with E-state index in [2.05, 4.69) is 37.6 Å². The number of imidazole rings is 1. The summed E-state index contributed by atoms with van der Waals surface area (Å²) < 4.78 is 8.24. The van der Waals surface area contributed by atoms with Crippen molar-refractivity contribution in [1.29, 1.82) is 0 Å². The van der Waals surface area contributed by atoms with Crippen molar-refractivity contribution in [1.82, 2.24) is 14.9 Å². The molecular weight excluding hydrogens is 250 g/mol. The van der Waals surface area contributed by atoms with Crippen LogP contribution in [0.4, 0.5) is 0 Å². The number of rotatable bonds is 2. The average Bonchev–Trinajstić information content (AvgIpc) is 2.95. The van der Waals surface area contributed by atoms with Gasteiger partial charge in [0, 0.05) is 49.7 Å². The Hall–Kier alpha value is -0.870. The molecule has 2 atom stereocenters. The largest absolute Gasteiger partial charge is 0.378 e. The lowest BCUT2D eigenvalue weighted by Crippen LogP contribution is -2.28. The summed E-state index contributed by atoms with van der Waals surface area (Å²) in [6.07, 6.45) is 2.65. The van der Waals surface area contributed by atoms with Crippen molar-refractivity contribution in [2.45, 2.75) is 65.1 Å². The molecule has 20 heavy (non-hydrogen) atoms. The maximum atomic E-state index is 5.74. The first-order valence-corrected chi connectivity index (χ1v) is 7.88. The van der Waals surface area contributed by atoms with Crippen LogP contribution in [0.1, 0.15) is 51.3 Å². The van der Waals surface area contributed by atoms with Gasteiger partial charge in [0.25, 0.3) is 0 Å². The molecule has 1 aromatic rings. The number of hydrogen-bond donors (Lipinski definition) is 1. The number of aromatic nitrogens is 2. The molecule has 3 rings (SSSR count). The van der Waals surface area contributed by atoms with Gasteiger partial charge >= 0.3 is 0 Å². The van der Waals surface area contributed by atoms with Crippen molar-refractivity contribution in [3.05, 3.63) is 17.2 Å². The molecule has 0 bridgehead atoms. The lowest BCUT2D eigenvalue weighted by Gasteiger charge is -2.25. The topological polar surface area (TPSA) is 39.1 Å². The molecule has 112 valence electrons. The molecule has 2 aliphatic heterocycles. The highest BCUT2D eigenvalue weighted by Gasteiger charge is 2.31. The van der Waals surface area contributed by atoms with E-state index in [1.54, 1.807) is 0 Å². The van der Waals surface area contributed by atoms with Gasteiger partial charge in [-0.2, -0.15) is 0 Å². The summed E-state index contributed by atoms with van der Waals surface area (Å²) in [6.45, 7) is 13.0. The van der Waals surface area contributed by atoms with Crippen LogP contribution in [0.5, 0.6) is 0 Å². The monoisotopic (exact) mass is 277 g/mol. The van der Waals surface area contributed by atoms with E-state index in [1.165, 1.54) is 23.6 Å². The quantitative estimate of drug-likeness (QED) is 0.901. The van der Waals surface area contributed by atoms with Crippen LogP contribution < -0.4 is 5.32 Å². The number of fused-ring (bicyclic) bond motifs is 1. The van der Waals surface area contributed by atoms with Gasteiger partial charge in [0.05, 0.1) is 11.8 Å². The molecule has 1 saturated heterocycles. The van der Waals surface area contributed by atoms with E-state index < -0.39 is 0 Å². The Morgan fingerprint density at radius 2 is 2.20 bits per heavy atom. The minimum Gasteiger partial charge on any atom is -0.378 e. The predicted octanol–water partition coefficient (Wildman–Crippen LogP) is 2.25. The van der Waals surface area contributed by atoms with Gasteiger partial charge < -0.3 is 14.6 Å². The Morgan fingerprint density at radius 1 is 1.40 bits per heavy atom. The van der Waals surface area contributed by atoms with Crippen LogP contribution in [0.25, 0.3) is 0 Å². The zero-order chi connectivity index (χ0) is 14.3. The van der Waals surface area contributed by atoms with Gasteiger partial charge in [0.1, 0.15) is 5.82 Å². The summed E-state index contributed by atoms with van der Waals surface area (Å²) in [4.78, 5) is 4.95. The average molecular weight is 277 g/mol. The van der Waals surface area contributed by atoms with E-state index in [4.69, 9.17) is 9.72 Å². The molecule has 0 spiro atoms. The van der Waals surface area contributed by atoms with Gasteiger partial charge in [-0.15, -0.1) is 0 Å². The molecule has 0 aromatic carbocycles. The zero-order valence-corrected chi connectivity index (χ0v) is 13.2.